The highest BCUT2D eigenvalue weighted by molar-refractivity contribution is 5.74. The molecule has 2 heterocycles. The molecule has 0 bridgehead atoms. The first-order valence-electron chi connectivity index (χ1n) is 12.4. The van der Waals surface area contributed by atoms with Gasteiger partial charge in [0.05, 0.1) is 12.7 Å². The smallest absolute Gasteiger partial charge is 0.347 e. The fourth-order valence-corrected chi connectivity index (χ4v) is 5.91. The van der Waals surface area contributed by atoms with Crippen molar-refractivity contribution in [1.82, 2.24) is 0 Å². The molecule has 0 aromatic heterocycles. The van der Waals surface area contributed by atoms with Gasteiger partial charge >= 0.3 is 5.97 Å². The number of carbonyl (C=O) groups is 1. The van der Waals surface area contributed by atoms with Crippen LogP contribution in [0, 0.1) is 23.7 Å². The lowest BCUT2D eigenvalue weighted by Crippen LogP contribution is -2.67. The Bertz CT molecular complexity index is 811. The number of hydrogen-bond donors (Lipinski definition) is 1. The highest BCUT2D eigenvalue weighted by Gasteiger charge is 2.62. The summed E-state index contributed by atoms with van der Waals surface area (Å²) in [6, 6.07) is 7.12. The minimum Gasteiger partial charge on any atom is -0.479 e. The van der Waals surface area contributed by atoms with E-state index in [9.17, 15) is 9.90 Å². The van der Waals surface area contributed by atoms with E-state index < -0.39 is 30.3 Å². The van der Waals surface area contributed by atoms with Gasteiger partial charge in [0.1, 0.15) is 17.1 Å². The van der Waals surface area contributed by atoms with Gasteiger partial charge < -0.3 is 28.8 Å². The average Bonchev–Trinajstić information content (AvgIpc) is 2.90. The van der Waals surface area contributed by atoms with E-state index in [2.05, 4.69) is 13.8 Å². The highest BCUT2D eigenvalue weighted by atomic mass is 16.8. The van der Waals surface area contributed by atoms with Crippen LogP contribution in [0.4, 0.5) is 0 Å². The van der Waals surface area contributed by atoms with Crippen molar-refractivity contribution in [2.24, 2.45) is 23.7 Å². The molecule has 2 aliphatic heterocycles. The van der Waals surface area contributed by atoms with Crippen molar-refractivity contribution in [2.45, 2.75) is 90.7 Å². The van der Waals surface area contributed by atoms with E-state index in [1.807, 2.05) is 6.92 Å². The van der Waals surface area contributed by atoms with Crippen molar-refractivity contribution in [3.8, 4) is 11.5 Å². The normalized spacial score (nSPS) is 39.0. The van der Waals surface area contributed by atoms with Crippen LogP contribution in [-0.4, -0.2) is 48.1 Å². The Kier molecular flexibility index (Phi) is 7.22. The largest absolute Gasteiger partial charge is 0.479 e. The van der Waals surface area contributed by atoms with Crippen LogP contribution < -0.4 is 9.47 Å². The molecular formula is C26H38O7. The molecule has 2 saturated heterocycles. The molecule has 1 aromatic rings. The van der Waals surface area contributed by atoms with E-state index in [0.717, 1.165) is 25.7 Å². The summed E-state index contributed by atoms with van der Waals surface area (Å²) >= 11 is 0. The molecule has 4 rings (SSSR count). The number of aliphatic hydroxyl groups is 1. The number of esters is 1. The molecule has 7 heteroatoms. The maximum absolute atomic E-state index is 11.9. The predicted molar refractivity (Wildman–Crippen MR) is 122 cm³/mol. The summed E-state index contributed by atoms with van der Waals surface area (Å²) in [6.07, 6.45) is 2.05. The lowest BCUT2D eigenvalue weighted by Gasteiger charge is -2.57. The molecule has 7 unspecified atom stereocenters. The fourth-order valence-electron chi connectivity index (χ4n) is 5.91. The van der Waals surface area contributed by atoms with Gasteiger partial charge in [0.2, 0.25) is 6.29 Å². The molecule has 9 atom stereocenters. The van der Waals surface area contributed by atoms with Gasteiger partial charge in [-0.3, -0.25) is 0 Å². The molecule has 3 aliphatic rings. The quantitative estimate of drug-likeness (QED) is 0.631. The predicted octanol–water partition coefficient (Wildman–Crippen LogP) is 4.31. The molecule has 0 radical (unpaired) electrons. The van der Waals surface area contributed by atoms with E-state index in [1.165, 1.54) is 0 Å². The third-order valence-corrected chi connectivity index (χ3v) is 7.75. The number of hydrogen-bond acceptors (Lipinski definition) is 7. The molecule has 1 aliphatic carbocycles. The lowest BCUT2D eigenvalue weighted by molar-refractivity contribution is -0.369. The second-order valence-corrected chi connectivity index (χ2v) is 9.98. The number of rotatable bonds is 6. The monoisotopic (exact) mass is 462 g/mol. The highest BCUT2D eigenvalue weighted by Crippen LogP contribution is 2.55. The van der Waals surface area contributed by atoms with Crippen LogP contribution in [0.2, 0.25) is 0 Å². The fraction of sp³-hybridized carbons (Fsp3) is 0.731. The van der Waals surface area contributed by atoms with E-state index >= 15 is 0 Å². The van der Waals surface area contributed by atoms with Gasteiger partial charge in [0, 0.05) is 11.8 Å². The Labute approximate surface area is 196 Å². The van der Waals surface area contributed by atoms with Crippen molar-refractivity contribution in [3.63, 3.8) is 0 Å². The molecule has 1 saturated carbocycles. The van der Waals surface area contributed by atoms with Gasteiger partial charge in [-0.2, -0.15) is 0 Å². The Balaban J connectivity index is 1.46. The molecule has 3 fully saturated rings. The van der Waals surface area contributed by atoms with Crippen LogP contribution in [0.5, 0.6) is 11.5 Å². The molecule has 0 amide bonds. The van der Waals surface area contributed by atoms with Crippen molar-refractivity contribution < 1.29 is 33.6 Å². The van der Waals surface area contributed by atoms with E-state index in [4.69, 9.17) is 23.7 Å². The van der Waals surface area contributed by atoms with Crippen LogP contribution in [0.15, 0.2) is 24.3 Å². The molecular weight excluding hydrogens is 424 g/mol. The van der Waals surface area contributed by atoms with Gasteiger partial charge in [0.15, 0.2) is 12.4 Å². The van der Waals surface area contributed by atoms with Gasteiger partial charge in [-0.1, -0.05) is 13.8 Å². The maximum atomic E-state index is 11.9. The van der Waals surface area contributed by atoms with Crippen LogP contribution in [0.1, 0.15) is 60.3 Å². The van der Waals surface area contributed by atoms with Crippen LogP contribution in [0.3, 0.4) is 0 Å². The molecule has 1 N–H and O–H groups in total. The molecule has 7 nitrogen and oxygen atoms in total. The van der Waals surface area contributed by atoms with Gasteiger partial charge in [-0.25, -0.2) is 4.79 Å². The zero-order valence-corrected chi connectivity index (χ0v) is 20.4. The van der Waals surface area contributed by atoms with Crippen LogP contribution in [-0.2, 0) is 19.0 Å². The van der Waals surface area contributed by atoms with Crippen molar-refractivity contribution in [3.05, 3.63) is 24.3 Å². The zero-order chi connectivity index (χ0) is 23.8. The second kappa shape index (κ2) is 9.80. The Morgan fingerprint density at radius 2 is 1.73 bits per heavy atom. The standard InChI is InChI=1S/C26H38O7/c1-6-29-23(27)18(5)31-19-9-11-20(12-10-19)32-24-17(4)22-13-7-15(2)21-14-8-16(3)30-25(33-24)26(21,22)28/h9-12,15-18,21-22,24-25,28H,6-8,13-14H2,1-5H3/t15-,16?,17?,18?,21?,22?,24?,25?,26-/m1/s1. The number of carbonyl (C=O) groups excluding carboxylic acids is 1. The Hall–Kier alpha value is -1.83. The molecule has 33 heavy (non-hydrogen) atoms. The molecule has 0 spiro atoms. The summed E-state index contributed by atoms with van der Waals surface area (Å²) in [5, 5.41) is 11.9. The van der Waals surface area contributed by atoms with Crippen molar-refractivity contribution in [2.75, 3.05) is 6.61 Å². The van der Waals surface area contributed by atoms with Crippen LogP contribution >= 0.6 is 0 Å². The number of ether oxygens (including phenoxy) is 5. The third kappa shape index (κ3) is 4.73. The van der Waals surface area contributed by atoms with Gasteiger partial charge in [-0.05, 0) is 82.6 Å². The van der Waals surface area contributed by atoms with Crippen molar-refractivity contribution in [1.29, 1.82) is 0 Å². The van der Waals surface area contributed by atoms with Crippen molar-refractivity contribution >= 4 is 5.97 Å². The number of benzene rings is 1. The minimum atomic E-state index is -0.983. The first-order valence-corrected chi connectivity index (χ1v) is 12.4. The average molecular weight is 463 g/mol. The minimum absolute atomic E-state index is 0.0121. The summed E-state index contributed by atoms with van der Waals surface area (Å²) in [6.45, 7) is 10.1. The first-order chi connectivity index (χ1) is 15.7. The zero-order valence-electron chi connectivity index (χ0n) is 20.4. The summed E-state index contributed by atoms with van der Waals surface area (Å²) in [4.78, 5) is 11.8. The van der Waals surface area contributed by atoms with Gasteiger partial charge in [-0.15, -0.1) is 0 Å². The summed E-state index contributed by atoms with van der Waals surface area (Å²) in [5.74, 6) is 1.48. The summed E-state index contributed by atoms with van der Waals surface area (Å²) in [5.41, 5.74) is -0.983. The topological polar surface area (TPSA) is 83.5 Å². The maximum Gasteiger partial charge on any atom is 0.347 e. The second-order valence-electron chi connectivity index (χ2n) is 9.98. The van der Waals surface area contributed by atoms with E-state index in [1.54, 1.807) is 38.1 Å². The van der Waals surface area contributed by atoms with E-state index in [0.29, 0.717) is 24.0 Å². The van der Waals surface area contributed by atoms with Gasteiger partial charge in [0.25, 0.3) is 0 Å². The summed E-state index contributed by atoms with van der Waals surface area (Å²) in [7, 11) is 0. The molecule has 184 valence electrons. The third-order valence-electron chi connectivity index (χ3n) is 7.75. The molecule has 1 aromatic carbocycles. The summed E-state index contributed by atoms with van der Waals surface area (Å²) < 4.78 is 29.4. The Morgan fingerprint density at radius 1 is 1.06 bits per heavy atom. The SMILES string of the molecule is CCOC(=O)C(C)Oc1ccc(OC2OC3OC(C)CCC4[C@H](C)CCC(C2C)[C@@]34O)cc1. The van der Waals surface area contributed by atoms with E-state index in [-0.39, 0.29) is 23.9 Å². The Morgan fingerprint density at radius 3 is 2.42 bits per heavy atom. The lowest BCUT2D eigenvalue weighted by atomic mass is 9.58. The van der Waals surface area contributed by atoms with Crippen LogP contribution in [0.25, 0.3) is 0 Å². The first kappa shape index (κ1) is 24.3.